The molecular formula is C33H38N9O3SSi. The van der Waals surface area contributed by atoms with Crippen LogP contribution in [0.15, 0.2) is 66.4 Å². The average molecular weight is 669 g/mol. The van der Waals surface area contributed by atoms with Crippen molar-refractivity contribution in [1.82, 2.24) is 34.1 Å². The molecule has 0 amide bonds. The second kappa shape index (κ2) is 14.2. The first kappa shape index (κ1) is 31.2. The number of fused-ring (bicyclic) bond motifs is 2. The van der Waals surface area contributed by atoms with E-state index in [0.717, 1.165) is 56.9 Å². The number of para-hydroxylation sites is 2. The number of ether oxygens (including phenoxy) is 3. The van der Waals surface area contributed by atoms with Crippen LogP contribution in [0.5, 0.6) is 5.75 Å². The number of anilines is 2. The van der Waals surface area contributed by atoms with E-state index in [2.05, 4.69) is 56.7 Å². The standard InChI is InChI=1S/C33H38N9O3SSi/c1-43-25-10-8-24(9-11-25)20-40(21-30-36-27-6-4-5-7-28(27)41(30)23-45-16-17-47(2)3)33-38-32(39-12-14-44-15-13-39)37-31-26(18-35-42(31)33)29-19-34-22-46-29/h4-11,18-19,22H,12-17,20-21,23H2,1-3H3. The number of imidazole rings is 1. The lowest BCUT2D eigenvalue weighted by molar-refractivity contribution is 0.0882. The van der Waals surface area contributed by atoms with E-state index in [4.69, 9.17) is 34.3 Å². The van der Waals surface area contributed by atoms with Gasteiger partial charge >= 0.3 is 0 Å². The normalized spacial score (nSPS) is 13.7. The van der Waals surface area contributed by atoms with E-state index in [0.29, 0.717) is 58.0 Å². The van der Waals surface area contributed by atoms with Crippen LogP contribution >= 0.6 is 11.3 Å². The van der Waals surface area contributed by atoms with Crippen molar-refractivity contribution in [2.24, 2.45) is 0 Å². The molecule has 47 heavy (non-hydrogen) atoms. The molecule has 12 nitrogen and oxygen atoms in total. The van der Waals surface area contributed by atoms with Crippen molar-refractivity contribution in [2.45, 2.75) is 39.0 Å². The van der Waals surface area contributed by atoms with Crippen molar-refractivity contribution in [3.8, 4) is 16.2 Å². The second-order valence-electron chi connectivity index (χ2n) is 11.7. The molecule has 4 aromatic heterocycles. The van der Waals surface area contributed by atoms with E-state index < -0.39 is 0 Å². The van der Waals surface area contributed by atoms with Gasteiger partial charge < -0.3 is 28.6 Å². The minimum absolute atomic E-state index is 0.375. The molecule has 0 atom stereocenters. The third kappa shape index (κ3) is 6.86. The summed E-state index contributed by atoms with van der Waals surface area (Å²) in [6, 6.07) is 17.5. The summed E-state index contributed by atoms with van der Waals surface area (Å²) in [4.78, 5) is 25.1. The summed E-state index contributed by atoms with van der Waals surface area (Å²) in [5, 5.41) is 4.85. The molecule has 6 aromatic rings. The van der Waals surface area contributed by atoms with E-state index in [1.54, 1.807) is 18.4 Å². The molecule has 0 bridgehead atoms. The number of nitrogens with zero attached hydrogens (tertiary/aromatic N) is 9. The van der Waals surface area contributed by atoms with E-state index in [-0.39, 0.29) is 8.80 Å². The van der Waals surface area contributed by atoms with Gasteiger partial charge in [-0.25, -0.2) is 4.98 Å². The number of morpholine rings is 1. The quantitative estimate of drug-likeness (QED) is 0.118. The third-order valence-electron chi connectivity index (χ3n) is 8.18. The Bertz CT molecular complexity index is 1920. The highest BCUT2D eigenvalue weighted by molar-refractivity contribution is 7.13. The maximum atomic E-state index is 6.23. The number of rotatable bonds is 13. The van der Waals surface area contributed by atoms with E-state index in [1.807, 2.05) is 46.7 Å². The maximum Gasteiger partial charge on any atom is 0.232 e. The lowest BCUT2D eigenvalue weighted by atomic mass is 10.2. The first-order chi connectivity index (χ1) is 23.1. The van der Waals surface area contributed by atoms with Crippen molar-refractivity contribution in [3.05, 3.63) is 77.8 Å². The summed E-state index contributed by atoms with van der Waals surface area (Å²) in [5.41, 5.74) is 6.55. The number of methoxy groups -OCH3 is 1. The molecule has 0 spiro atoms. The Hall–Kier alpha value is -4.37. The highest BCUT2D eigenvalue weighted by Gasteiger charge is 2.25. The van der Waals surface area contributed by atoms with E-state index in [9.17, 15) is 0 Å². The van der Waals surface area contributed by atoms with Gasteiger partial charge in [-0.15, -0.1) is 11.3 Å². The largest absolute Gasteiger partial charge is 0.497 e. The molecular weight excluding hydrogens is 631 g/mol. The number of benzene rings is 2. The molecule has 1 aliphatic heterocycles. The molecule has 0 saturated carbocycles. The molecule has 2 aromatic carbocycles. The summed E-state index contributed by atoms with van der Waals surface area (Å²) in [7, 11) is 1.31. The van der Waals surface area contributed by atoms with Gasteiger partial charge in [0.1, 0.15) is 18.3 Å². The summed E-state index contributed by atoms with van der Waals surface area (Å²) in [6.45, 7) is 9.47. The van der Waals surface area contributed by atoms with Gasteiger partial charge in [0, 0.05) is 41.2 Å². The minimum Gasteiger partial charge on any atom is -0.497 e. The molecule has 1 saturated heterocycles. The molecule has 0 N–H and O–H groups in total. The Balaban J connectivity index is 1.34. The highest BCUT2D eigenvalue weighted by Crippen LogP contribution is 2.31. The van der Waals surface area contributed by atoms with Crippen LogP contribution in [0.1, 0.15) is 11.4 Å². The topological polar surface area (TPSA) is 108 Å². The Morgan fingerprint density at radius 2 is 1.81 bits per heavy atom. The van der Waals surface area contributed by atoms with Crippen molar-refractivity contribution >= 4 is 48.7 Å². The molecule has 1 aliphatic rings. The number of hydrogen-bond acceptors (Lipinski definition) is 11. The molecule has 243 valence electrons. The Labute approximate surface area is 279 Å². The van der Waals surface area contributed by atoms with Gasteiger partial charge in [-0.1, -0.05) is 37.4 Å². The van der Waals surface area contributed by atoms with Crippen LogP contribution in [0.2, 0.25) is 19.1 Å². The molecule has 1 fully saturated rings. The SMILES string of the molecule is COc1ccc(CN(Cc2nc3ccccc3n2COCC[Si](C)C)c2nc(N3CCOCC3)nc3c(-c4cncs4)cnn23)cc1. The Morgan fingerprint density at radius 3 is 2.57 bits per heavy atom. The van der Waals surface area contributed by atoms with Crippen LogP contribution in [0, 0.1) is 0 Å². The van der Waals surface area contributed by atoms with Crippen LogP contribution in [0.25, 0.3) is 27.1 Å². The predicted molar refractivity (Wildman–Crippen MR) is 186 cm³/mol. The molecule has 1 radical (unpaired) electrons. The van der Waals surface area contributed by atoms with Gasteiger partial charge in [0.25, 0.3) is 0 Å². The lowest BCUT2D eigenvalue weighted by Gasteiger charge is -2.29. The summed E-state index contributed by atoms with van der Waals surface area (Å²) < 4.78 is 21.4. The van der Waals surface area contributed by atoms with Crippen molar-refractivity contribution in [1.29, 1.82) is 0 Å². The number of hydrogen-bond donors (Lipinski definition) is 0. The molecule has 5 heterocycles. The Morgan fingerprint density at radius 1 is 0.979 bits per heavy atom. The fourth-order valence-electron chi connectivity index (χ4n) is 5.63. The average Bonchev–Trinajstić information content (AvgIpc) is 3.86. The van der Waals surface area contributed by atoms with Crippen LogP contribution < -0.4 is 14.5 Å². The number of aromatic nitrogens is 7. The zero-order chi connectivity index (χ0) is 32.2. The molecule has 0 aliphatic carbocycles. The van der Waals surface area contributed by atoms with Crippen molar-refractivity contribution < 1.29 is 14.2 Å². The highest BCUT2D eigenvalue weighted by atomic mass is 32.1. The third-order valence-corrected chi connectivity index (χ3v) is 10.2. The molecule has 14 heteroatoms. The lowest BCUT2D eigenvalue weighted by Crippen LogP contribution is -2.38. The zero-order valence-corrected chi connectivity index (χ0v) is 28.7. The second-order valence-corrected chi connectivity index (χ2v) is 15.5. The smallest absolute Gasteiger partial charge is 0.232 e. The monoisotopic (exact) mass is 668 g/mol. The van der Waals surface area contributed by atoms with Gasteiger partial charge in [0.2, 0.25) is 11.9 Å². The first-order valence-electron chi connectivity index (χ1n) is 15.7. The Kier molecular flexibility index (Phi) is 9.42. The fraction of sp³-hybridized carbons (Fsp3) is 0.364. The van der Waals surface area contributed by atoms with Gasteiger partial charge in [0.05, 0.1) is 60.0 Å². The van der Waals surface area contributed by atoms with Crippen LogP contribution in [-0.2, 0) is 29.3 Å². The summed E-state index contributed by atoms with van der Waals surface area (Å²) >= 11 is 1.57. The maximum absolute atomic E-state index is 6.23. The summed E-state index contributed by atoms with van der Waals surface area (Å²) in [5.74, 6) is 3.01. The molecule has 7 rings (SSSR count). The van der Waals surface area contributed by atoms with Crippen molar-refractivity contribution in [2.75, 3.05) is 49.8 Å². The van der Waals surface area contributed by atoms with Gasteiger partial charge in [-0.2, -0.15) is 19.6 Å². The van der Waals surface area contributed by atoms with Gasteiger partial charge in [-0.3, -0.25) is 4.98 Å². The van der Waals surface area contributed by atoms with Crippen molar-refractivity contribution in [3.63, 3.8) is 0 Å². The number of thiazole rings is 1. The van der Waals surface area contributed by atoms with Gasteiger partial charge in [-0.05, 0) is 35.9 Å². The van der Waals surface area contributed by atoms with Crippen LogP contribution in [0.3, 0.4) is 0 Å². The zero-order valence-electron chi connectivity index (χ0n) is 26.9. The van der Waals surface area contributed by atoms with Crippen LogP contribution in [-0.4, -0.2) is 82.9 Å². The predicted octanol–water partition coefficient (Wildman–Crippen LogP) is 5.38. The van der Waals surface area contributed by atoms with Crippen LogP contribution in [0.4, 0.5) is 11.9 Å². The molecule has 0 unspecified atom stereocenters. The minimum atomic E-state index is -0.375. The summed E-state index contributed by atoms with van der Waals surface area (Å²) in [6.07, 6.45) is 3.71. The fourth-order valence-corrected chi connectivity index (χ4v) is 6.81. The van der Waals surface area contributed by atoms with E-state index >= 15 is 0 Å². The van der Waals surface area contributed by atoms with Gasteiger partial charge in [0.15, 0.2) is 5.65 Å². The first-order valence-corrected chi connectivity index (χ1v) is 19.3. The van der Waals surface area contributed by atoms with E-state index in [1.165, 1.54) is 0 Å².